The summed E-state index contributed by atoms with van der Waals surface area (Å²) in [5.74, 6) is -0.827. The molecule has 2 fully saturated rings. The molecule has 1 saturated heterocycles. The number of hydrogen-bond donors (Lipinski definition) is 1. The number of carbonyl (C=O) groups is 2. The smallest absolute Gasteiger partial charge is 0.254 e. The minimum Gasteiger partial charge on any atom is -0.380 e. The number of aryl methyl sites for hydroxylation is 1. The second kappa shape index (κ2) is 6.51. The lowest BCUT2D eigenvalue weighted by Crippen LogP contribution is -2.56. The van der Waals surface area contributed by atoms with Crippen LogP contribution >= 0.6 is 0 Å². The van der Waals surface area contributed by atoms with Crippen LogP contribution in [0.2, 0.25) is 0 Å². The lowest BCUT2D eigenvalue weighted by atomic mass is 10.00. The lowest BCUT2D eigenvalue weighted by Gasteiger charge is -2.38. The van der Waals surface area contributed by atoms with Crippen molar-refractivity contribution in [3.63, 3.8) is 0 Å². The molecular weight excluding hydrogens is 311 g/mol. The van der Waals surface area contributed by atoms with Gasteiger partial charge in [-0.05, 0) is 50.3 Å². The second-order valence-corrected chi connectivity index (χ2v) is 6.79. The summed E-state index contributed by atoms with van der Waals surface area (Å²) in [5, 5.41) is 10.4. The van der Waals surface area contributed by atoms with Gasteiger partial charge in [-0.2, -0.15) is 0 Å². The van der Waals surface area contributed by atoms with Gasteiger partial charge in [-0.25, -0.2) is 4.39 Å². The standard InChI is InChI=1S/C18H23FN2O3/c1-13-4-5-14(12-15(13)19)16(22)20-8-10-21(11-9-20)17(23)18(24)6-2-3-7-18/h4-5,12,24H,2-3,6-11H2,1H3. The highest BCUT2D eigenvalue weighted by Gasteiger charge is 2.42. The molecule has 24 heavy (non-hydrogen) atoms. The molecule has 2 amide bonds. The predicted molar refractivity (Wildman–Crippen MR) is 87.0 cm³/mol. The van der Waals surface area contributed by atoms with Crippen molar-refractivity contribution in [1.82, 2.24) is 9.80 Å². The van der Waals surface area contributed by atoms with Gasteiger partial charge in [0, 0.05) is 31.7 Å². The molecule has 1 saturated carbocycles. The number of piperazine rings is 1. The van der Waals surface area contributed by atoms with Crippen molar-refractivity contribution in [2.45, 2.75) is 38.2 Å². The van der Waals surface area contributed by atoms with Gasteiger partial charge in [-0.1, -0.05) is 6.07 Å². The van der Waals surface area contributed by atoms with Crippen LogP contribution in [0, 0.1) is 12.7 Å². The Morgan fingerprint density at radius 1 is 1.08 bits per heavy atom. The number of halogens is 1. The van der Waals surface area contributed by atoms with E-state index >= 15 is 0 Å². The number of aliphatic hydroxyl groups is 1. The third-order valence-electron chi connectivity index (χ3n) is 5.10. The Morgan fingerprint density at radius 2 is 1.67 bits per heavy atom. The molecular formula is C18H23FN2O3. The van der Waals surface area contributed by atoms with E-state index in [4.69, 9.17) is 0 Å². The van der Waals surface area contributed by atoms with Crippen LogP contribution in [-0.4, -0.2) is 58.5 Å². The van der Waals surface area contributed by atoms with Crippen molar-refractivity contribution >= 4 is 11.8 Å². The molecule has 0 bridgehead atoms. The molecule has 0 aromatic heterocycles. The monoisotopic (exact) mass is 334 g/mol. The van der Waals surface area contributed by atoms with E-state index in [1.165, 1.54) is 6.07 Å². The zero-order valence-corrected chi connectivity index (χ0v) is 13.9. The first-order valence-electron chi connectivity index (χ1n) is 8.48. The normalized spacial score (nSPS) is 20.3. The molecule has 1 aromatic carbocycles. The summed E-state index contributed by atoms with van der Waals surface area (Å²) in [5.41, 5.74) is -0.384. The van der Waals surface area contributed by atoms with Crippen molar-refractivity contribution in [2.75, 3.05) is 26.2 Å². The van der Waals surface area contributed by atoms with E-state index < -0.39 is 11.4 Å². The number of nitrogens with zero attached hydrogens (tertiary/aromatic N) is 2. The van der Waals surface area contributed by atoms with E-state index in [-0.39, 0.29) is 11.8 Å². The van der Waals surface area contributed by atoms with E-state index in [1.807, 2.05) is 0 Å². The Kier molecular flexibility index (Phi) is 4.58. The van der Waals surface area contributed by atoms with Gasteiger partial charge in [-0.15, -0.1) is 0 Å². The third kappa shape index (κ3) is 3.15. The Balaban J connectivity index is 1.61. The highest BCUT2D eigenvalue weighted by molar-refractivity contribution is 5.94. The van der Waals surface area contributed by atoms with Gasteiger partial charge in [0.15, 0.2) is 0 Å². The number of rotatable bonds is 2. The van der Waals surface area contributed by atoms with Gasteiger partial charge in [-0.3, -0.25) is 9.59 Å². The Hall–Kier alpha value is -1.95. The van der Waals surface area contributed by atoms with Crippen LogP contribution in [0.5, 0.6) is 0 Å². The van der Waals surface area contributed by atoms with Crippen LogP contribution in [0.4, 0.5) is 4.39 Å². The number of amides is 2. The third-order valence-corrected chi connectivity index (χ3v) is 5.10. The first-order chi connectivity index (χ1) is 11.4. The molecule has 1 aromatic rings. The van der Waals surface area contributed by atoms with Crippen molar-refractivity contribution in [2.24, 2.45) is 0 Å². The molecule has 3 rings (SSSR count). The predicted octanol–water partition coefficient (Wildman–Crippen LogP) is 1.72. The Labute approximate surface area is 141 Å². The number of benzene rings is 1. The lowest BCUT2D eigenvalue weighted by molar-refractivity contribution is -0.152. The van der Waals surface area contributed by atoms with E-state index in [1.54, 1.807) is 28.9 Å². The molecule has 0 unspecified atom stereocenters. The molecule has 130 valence electrons. The van der Waals surface area contributed by atoms with Gasteiger partial charge in [0.1, 0.15) is 11.4 Å². The minimum atomic E-state index is -1.22. The van der Waals surface area contributed by atoms with Crippen molar-refractivity contribution in [3.8, 4) is 0 Å². The average molecular weight is 334 g/mol. The maximum absolute atomic E-state index is 13.6. The summed E-state index contributed by atoms with van der Waals surface area (Å²) < 4.78 is 13.6. The molecule has 1 heterocycles. The van der Waals surface area contributed by atoms with E-state index in [2.05, 4.69) is 0 Å². The quantitative estimate of drug-likeness (QED) is 0.896. The first-order valence-corrected chi connectivity index (χ1v) is 8.48. The fourth-order valence-corrected chi connectivity index (χ4v) is 3.49. The van der Waals surface area contributed by atoms with Crippen molar-refractivity contribution in [1.29, 1.82) is 0 Å². The summed E-state index contributed by atoms with van der Waals surface area (Å²) >= 11 is 0. The highest BCUT2D eigenvalue weighted by Crippen LogP contribution is 2.31. The van der Waals surface area contributed by atoms with Crippen molar-refractivity contribution in [3.05, 3.63) is 35.1 Å². The molecule has 1 N–H and O–H groups in total. The molecule has 1 aliphatic carbocycles. The summed E-state index contributed by atoms with van der Waals surface area (Å²) in [7, 11) is 0. The second-order valence-electron chi connectivity index (χ2n) is 6.79. The largest absolute Gasteiger partial charge is 0.380 e. The topological polar surface area (TPSA) is 60.9 Å². The first kappa shape index (κ1) is 16.9. The maximum atomic E-state index is 13.6. The van der Waals surface area contributed by atoms with Gasteiger partial charge < -0.3 is 14.9 Å². The highest BCUT2D eigenvalue weighted by atomic mass is 19.1. The Morgan fingerprint density at radius 3 is 2.25 bits per heavy atom. The average Bonchev–Trinajstić information content (AvgIpc) is 3.04. The summed E-state index contributed by atoms with van der Waals surface area (Å²) in [4.78, 5) is 28.2. The maximum Gasteiger partial charge on any atom is 0.254 e. The van der Waals surface area contributed by atoms with E-state index in [0.717, 1.165) is 12.8 Å². The van der Waals surface area contributed by atoms with Gasteiger partial charge >= 0.3 is 0 Å². The summed E-state index contributed by atoms with van der Waals surface area (Å²) in [6.45, 7) is 3.26. The van der Waals surface area contributed by atoms with Crippen LogP contribution < -0.4 is 0 Å². The number of carbonyl (C=O) groups excluding carboxylic acids is 2. The van der Waals surface area contributed by atoms with Crippen LogP contribution in [0.3, 0.4) is 0 Å². The summed E-state index contributed by atoms with van der Waals surface area (Å²) in [6, 6.07) is 4.48. The molecule has 0 atom stereocenters. The van der Waals surface area contributed by atoms with Crippen LogP contribution in [0.25, 0.3) is 0 Å². The SMILES string of the molecule is Cc1ccc(C(=O)N2CCN(C(=O)C3(O)CCCC3)CC2)cc1F. The summed E-state index contributed by atoms with van der Waals surface area (Å²) in [6.07, 6.45) is 2.79. The van der Waals surface area contributed by atoms with Crippen LogP contribution in [0.15, 0.2) is 18.2 Å². The molecule has 2 aliphatic rings. The zero-order chi connectivity index (χ0) is 17.3. The van der Waals surface area contributed by atoms with Gasteiger partial charge in [0.05, 0.1) is 0 Å². The molecule has 1 aliphatic heterocycles. The fourth-order valence-electron chi connectivity index (χ4n) is 3.49. The van der Waals surface area contributed by atoms with Gasteiger partial charge in [0.2, 0.25) is 0 Å². The van der Waals surface area contributed by atoms with Crippen LogP contribution in [-0.2, 0) is 4.79 Å². The van der Waals surface area contributed by atoms with Crippen molar-refractivity contribution < 1.29 is 19.1 Å². The number of hydrogen-bond acceptors (Lipinski definition) is 3. The van der Waals surface area contributed by atoms with E-state index in [9.17, 15) is 19.1 Å². The van der Waals surface area contributed by atoms with Gasteiger partial charge in [0.25, 0.3) is 11.8 Å². The minimum absolute atomic E-state index is 0.214. The van der Waals surface area contributed by atoms with E-state index in [0.29, 0.717) is 50.1 Å². The molecule has 5 nitrogen and oxygen atoms in total. The molecule has 6 heteroatoms. The van der Waals surface area contributed by atoms with Crippen LogP contribution in [0.1, 0.15) is 41.6 Å². The molecule has 0 spiro atoms. The zero-order valence-electron chi connectivity index (χ0n) is 13.9. The fraction of sp³-hybridized carbons (Fsp3) is 0.556. The Bertz CT molecular complexity index is 648. The molecule has 0 radical (unpaired) electrons.